The van der Waals surface area contributed by atoms with Gasteiger partial charge in [0.15, 0.2) is 0 Å². The zero-order chi connectivity index (χ0) is 23.4. The van der Waals surface area contributed by atoms with Crippen LogP contribution in [0.15, 0.2) is 6.08 Å². The molecule has 0 fully saturated rings. The zero-order valence-electron chi connectivity index (χ0n) is 21.2. The number of halogens is 1. The van der Waals surface area contributed by atoms with E-state index in [4.69, 9.17) is 4.74 Å². The number of alkyl halides is 1. The minimum Gasteiger partial charge on any atom is -0.507 e. The molecule has 0 bridgehead atoms. The van der Waals surface area contributed by atoms with Crippen LogP contribution in [-0.2, 0) is 5.33 Å². The Bertz CT molecular complexity index is 725. The van der Waals surface area contributed by atoms with Gasteiger partial charge in [-0.3, -0.25) is 0 Å². The van der Waals surface area contributed by atoms with E-state index in [0.29, 0.717) is 11.1 Å². The third kappa shape index (κ3) is 8.12. The molecular weight excluding hydrogens is 460 g/mol. The Morgan fingerprint density at radius 2 is 1.31 bits per heavy atom. The largest absolute Gasteiger partial charge is 0.507 e. The van der Waals surface area contributed by atoms with Crippen molar-refractivity contribution in [3.8, 4) is 11.5 Å². The first kappa shape index (κ1) is 27.3. The Morgan fingerprint density at radius 1 is 0.812 bits per heavy atom. The molecule has 2 rings (SSSR count). The first-order valence-electron chi connectivity index (χ1n) is 13.2. The van der Waals surface area contributed by atoms with E-state index < -0.39 is 0 Å². The monoisotopic (exact) mass is 506 g/mol. The standard InChI is InChI=1S/C29H47BrO2/c1-5-6-7-8-9-10-11-12-13-14-15-16-17-18-20-29(4)21-19-25-26(22-30)27(31)23(2)24(3)28(25)32-29/h19,21,31H,5-18,20,22H2,1-4H3. The topological polar surface area (TPSA) is 29.5 Å². The van der Waals surface area contributed by atoms with Crippen molar-refractivity contribution in [1.82, 2.24) is 0 Å². The quantitative estimate of drug-likeness (QED) is 0.178. The normalized spacial score (nSPS) is 17.4. The maximum atomic E-state index is 10.5. The van der Waals surface area contributed by atoms with Crippen LogP contribution in [0.2, 0.25) is 0 Å². The highest BCUT2D eigenvalue weighted by molar-refractivity contribution is 9.08. The number of hydrogen-bond donors (Lipinski definition) is 1. The average molecular weight is 508 g/mol. The second-order valence-corrected chi connectivity index (χ2v) is 10.6. The summed E-state index contributed by atoms with van der Waals surface area (Å²) in [6.45, 7) is 8.51. The molecule has 1 aromatic carbocycles. The van der Waals surface area contributed by atoms with E-state index >= 15 is 0 Å². The highest BCUT2D eigenvalue weighted by atomic mass is 79.9. The van der Waals surface area contributed by atoms with Crippen molar-refractivity contribution in [3.05, 3.63) is 28.3 Å². The number of phenolic OH excluding ortho intramolecular Hbond substituents is 1. The summed E-state index contributed by atoms with van der Waals surface area (Å²) in [5.74, 6) is 1.34. The fourth-order valence-corrected chi connectivity index (χ4v) is 5.38. The number of aromatic hydroxyl groups is 1. The molecule has 0 saturated carbocycles. The van der Waals surface area contributed by atoms with E-state index in [2.05, 4.69) is 48.9 Å². The van der Waals surface area contributed by atoms with Crippen molar-refractivity contribution in [1.29, 1.82) is 0 Å². The third-order valence-electron chi connectivity index (χ3n) is 7.21. The Labute approximate surface area is 206 Å². The lowest BCUT2D eigenvalue weighted by Crippen LogP contribution is -2.32. The molecule has 0 radical (unpaired) electrons. The second kappa shape index (κ2) is 14.3. The highest BCUT2D eigenvalue weighted by Gasteiger charge is 2.30. The maximum absolute atomic E-state index is 10.5. The fraction of sp³-hybridized carbons (Fsp3) is 0.724. The van der Waals surface area contributed by atoms with Gasteiger partial charge in [-0.15, -0.1) is 0 Å². The number of phenols is 1. The summed E-state index contributed by atoms with van der Waals surface area (Å²) in [5, 5.41) is 11.1. The van der Waals surface area contributed by atoms with E-state index in [9.17, 15) is 5.11 Å². The summed E-state index contributed by atoms with van der Waals surface area (Å²) in [6.07, 6.45) is 24.8. The van der Waals surface area contributed by atoms with Crippen LogP contribution < -0.4 is 4.74 Å². The van der Waals surface area contributed by atoms with Crippen molar-refractivity contribution >= 4 is 22.0 Å². The number of unbranched alkanes of at least 4 members (excludes halogenated alkanes) is 13. The molecule has 2 nitrogen and oxygen atoms in total. The Kier molecular flexibility index (Phi) is 12.2. The molecule has 1 unspecified atom stereocenters. The van der Waals surface area contributed by atoms with Crippen molar-refractivity contribution in [3.63, 3.8) is 0 Å². The molecule has 0 spiro atoms. The molecule has 0 aliphatic carbocycles. The smallest absolute Gasteiger partial charge is 0.131 e. The van der Waals surface area contributed by atoms with Crippen molar-refractivity contribution < 1.29 is 9.84 Å². The molecule has 0 saturated heterocycles. The predicted octanol–water partition coefficient (Wildman–Crippen LogP) is 9.94. The molecule has 182 valence electrons. The van der Waals surface area contributed by atoms with Gasteiger partial charge in [0, 0.05) is 16.5 Å². The van der Waals surface area contributed by atoms with Gasteiger partial charge in [0.2, 0.25) is 0 Å². The van der Waals surface area contributed by atoms with E-state index in [0.717, 1.165) is 34.4 Å². The van der Waals surface area contributed by atoms with Gasteiger partial charge < -0.3 is 9.84 Å². The second-order valence-electron chi connectivity index (χ2n) is 10.0. The Hall–Kier alpha value is -0.960. The van der Waals surface area contributed by atoms with Crippen LogP contribution in [0, 0.1) is 13.8 Å². The van der Waals surface area contributed by atoms with E-state index in [1.165, 1.54) is 89.9 Å². The zero-order valence-corrected chi connectivity index (χ0v) is 22.8. The lowest BCUT2D eigenvalue weighted by molar-refractivity contribution is 0.122. The molecule has 3 heteroatoms. The molecule has 1 aromatic rings. The Morgan fingerprint density at radius 3 is 1.81 bits per heavy atom. The predicted molar refractivity (Wildman–Crippen MR) is 143 cm³/mol. The van der Waals surface area contributed by atoms with Gasteiger partial charge in [0.1, 0.15) is 17.1 Å². The van der Waals surface area contributed by atoms with Gasteiger partial charge >= 0.3 is 0 Å². The minimum atomic E-state index is -0.248. The van der Waals surface area contributed by atoms with Gasteiger partial charge in [-0.25, -0.2) is 0 Å². The van der Waals surface area contributed by atoms with Gasteiger partial charge in [0.05, 0.1) is 0 Å². The van der Waals surface area contributed by atoms with Gasteiger partial charge in [-0.2, -0.15) is 0 Å². The molecule has 1 N–H and O–H groups in total. The van der Waals surface area contributed by atoms with Crippen LogP contribution >= 0.6 is 15.9 Å². The first-order valence-corrected chi connectivity index (χ1v) is 14.3. The Balaban J connectivity index is 1.62. The summed E-state index contributed by atoms with van der Waals surface area (Å²) in [6, 6.07) is 0. The number of rotatable bonds is 16. The summed E-state index contributed by atoms with van der Waals surface area (Å²) >= 11 is 3.53. The highest BCUT2D eigenvalue weighted by Crippen LogP contribution is 2.44. The maximum Gasteiger partial charge on any atom is 0.131 e. The van der Waals surface area contributed by atoms with Crippen molar-refractivity contribution in [2.24, 2.45) is 0 Å². The molecular formula is C29H47BrO2. The SMILES string of the molecule is CCCCCCCCCCCCCCCCC1(C)C=Cc2c(CBr)c(O)c(C)c(C)c2O1. The molecule has 1 aliphatic rings. The van der Waals surface area contributed by atoms with Crippen LogP contribution in [-0.4, -0.2) is 10.7 Å². The average Bonchev–Trinajstić information content (AvgIpc) is 2.79. The van der Waals surface area contributed by atoms with Crippen LogP contribution in [0.25, 0.3) is 6.08 Å². The van der Waals surface area contributed by atoms with Crippen LogP contribution in [0.4, 0.5) is 0 Å². The molecule has 0 amide bonds. The third-order valence-corrected chi connectivity index (χ3v) is 7.77. The number of benzene rings is 1. The minimum absolute atomic E-state index is 0.248. The number of ether oxygens (including phenoxy) is 1. The molecule has 1 atom stereocenters. The lowest BCUT2D eigenvalue weighted by Gasteiger charge is -2.34. The molecule has 32 heavy (non-hydrogen) atoms. The summed E-state index contributed by atoms with van der Waals surface area (Å²) in [5.41, 5.74) is 3.69. The number of fused-ring (bicyclic) bond motifs is 1. The molecule has 0 aromatic heterocycles. The van der Waals surface area contributed by atoms with E-state index in [1.807, 2.05) is 6.92 Å². The summed E-state index contributed by atoms with van der Waals surface area (Å²) in [7, 11) is 0. The van der Waals surface area contributed by atoms with E-state index in [-0.39, 0.29) is 5.60 Å². The van der Waals surface area contributed by atoms with Gasteiger partial charge in [0.25, 0.3) is 0 Å². The van der Waals surface area contributed by atoms with Crippen LogP contribution in [0.5, 0.6) is 11.5 Å². The fourth-order valence-electron chi connectivity index (χ4n) is 4.82. The summed E-state index contributed by atoms with van der Waals surface area (Å²) in [4.78, 5) is 0. The first-order chi connectivity index (χ1) is 15.4. The molecule has 1 heterocycles. The van der Waals surface area contributed by atoms with Crippen LogP contribution in [0.1, 0.15) is 132 Å². The lowest BCUT2D eigenvalue weighted by atomic mass is 9.89. The van der Waals surface area contributed by atoms with Gasteiger partial charge in [-0.05, 0) is 50.8 Å². The van der Waals surface area contributed by atoms with E-state index in [1.54, 1.807) is 0 Å². The van der Waals surface area contributed by atoms with Crippen molar-refractivity contribution in [2.45, 2.75) is 135 Å². The van der Waals surface area contributed by atoms with Gasteiger partial charge in [-0.1, -0.05) is 112 Å². The number of hydrogen-bond acceptors (Lipinski definition) is 2. The van der Waals surface area contributed by atoms with Crippen LogP contribution in [0.3, 0.4) is 0 Å². The molecule has 1 aliphatic heterocycles. The van der Waals surface area contributed by atoms with Crippen molar-refractivity contribution in [2.75, 3.05) is 0 Å². The summed E-state index contributed by atoms with van der Waals surface area (Å²) < 4.78 is 6.52.